The summed E-state index contributed by atoms with van der Waals surface area (Å²) in [5, 5.41) is 0. The van der Waals surface area contributed by atoms with E-state index in [1.54, 1.807) is 0 Å². The van der Waals surface area contributed by atoms with Gasteiger partial charge < -0.3 is 4.74 Å². The fourth-order valence-electron chi connectivity index (χ4n) is 3.29. The lowest BCUT2D eigenvalue weighted by Crippen LogP contribution is -2.16. The number of rotatable bonds is 4. The third-order valence-electron chi connectivity index (χ3n) is 4.63. The van der Waals surface area contributed by atoms with Crippen molar-refractivity contribution in [2.75, 3.05) is 0 Å². The lowest BCUT2D eigenvalue weighted by atomic mass is 9.87. The first-order valence-electron chi connectivity index (χ1n) is 8.58. The van der Waals surface area contributed by atoms with Crippen molar-refractivity contribution in [2.45, 2.75) is 45.4 Å². The van der Waals surface area contributed by atoms with Gasteiger partial charge in [0.1, 0.15) is 5.75 Å². The number of carbonyl (C=O) groups excluding carboxylic acids is 1. The van der Waals surface area contributed by atoms with Crippen LogP contribution in [0.2, 0.25) is 0 Å². The molecule has 0 unspecified atom stereocenters. The van der Waals surface area contributed by atoms with Crippen molar-refractivity contribution < 1.29 is 9.53 Å². The average Bonchev–Trinajstić information content (AvgIpc) is 2.56. The molecule has 2 nitrogen and oxygen atoms in total. The third-order valence-corrected chi connectivity index (χ3v) is 4.63. The van der Waals surface area contributed by atoms with Gasteiger partial charge in [0.15, 0.2) is 0 Å². The van der Waals surface area contributed by atoms with E-state index in [0.717, 1.165) is 11.1 Å². The van der Waals surface area contributed by atoms with E-state index in [-0.39, 0.29) is 5.97 Å². The largest absolute Gasteiger partial charge is 0.426 e. The van der Waals surface area contributed by atoms with Gasteiger partial charge in [-0.05, 0) is 48.9 Å². The molecule has 1 aliphatic carbocycles. The standard InChI is InChI=1S/C21H24O2/c1-16-10-12-18(13-11-16)19-8-5-9-20(15-19)23-21(22)14-17-6-3-2-4-7-17/h5,8-13,15,17H,2-4,6-7,14H2,1H3. The molecule has 0 aliphatic heterocycles. The Balaban J connectivity index is 1.65. The molecule has 0 aromatic heterocycles. The third kappa shape index (κ3) is 4.44. The van der Waals surface area contributed by atoms with Crippen molar-refractivity contribution in [3.8, 4) is 16.9 Å². The molecule has 2 heteroatoms. The molecule has 0 N–H and O–H groups in total. The minimum absolute atomic E-state index is 0.0991. The topological polar surface area (TPSA) is 26.3 Å². The molecule has 0 heterocycles. The van der Waals surface area contributed by atoms with E-state index in [9.17, 15) is 4.79 Å². The molecule has 0 spiro atoms. The predicted molar refractivity (Wildman–Crippen MR) is 93.4 cm³/mol. The van der Waals surface area contributed by atoms with Gasteiger partial charge in [0.2, 0.25) is 0 Å². The highest BCUT2D eigenvalue weighted by molar-refractivity contribution is 5.74. The number of aryl methyl sites for hydroxylation is 1. The lowest BCUT2D eigenvalue weighted by molar-refractivity contribution is -0.135. The van der Waals surface area contributed by atoms with E-state index in [4.69, 9.17) is 4.74 Å². The first-order chi connectivity index (χ1) is 11.2. The van der Waals surface area contributed by atoms with Crippen LogP contribution in [0.4, 0.5) is 0 Å². The first-order valence-corrected chi connectivity index (χ1v) is 8.58. The van der Waals surface area contributed by atoms with Gasteiger partial charge in [-0.25, -0.2) is 0 Å². The molecule has 0 atom stereocenters. The summed E-state index contributed by atoms with van der Waals surface area (Å²) >= 11 is 0. The van der Waals surface area contributed by atoms with E-state index in [1.807, 2.05) is 24.3 Å². The molecule has 0 amide bonds. The zero-order valence-electron chi connectivity index (χ0n) is 13.8. The number of benzene rings is 2. The van der Waals surface area contributed by atoms with Crippen LogP contribution < -0.4 is 4.74 Å². The smallest absolute Gasteiger partial charge is 0.311 e. The van der Waals surface area contributed by atoms with Crippen LogP contribution >= 0.6 is 0 Å². The summed E-state index contributed by atoms with van der Waals surface area (Å²) in [5.41, 5.74) is 3.46. The van der Waals surface area contributed by atoms with E-state index >= 15 is 0 Å². The van der Waals surface area contributed by atoms with Crippen molar-refractivity contribution in [3.63, 3.8) is 0 Å². The molecule has 23 heavy (non-hydrogen) atoms. The highest BCUT2D eigenvalue weighted by atomic mass is 16.5. The van der Waals surface area contributed by atoms with Gasteiger partial charge in [-0.15, -0.1) is 0 Å². The SMILES string of the molecule is Cc1ccc(-c2cccc(OC(=O)CC3CCCCC3)c2)cc1. The van der Waals surface area contributed by atoms with E-state index < -0.39 is 0 Å². The Morgan fingerprint density at radius 1 is 1.00 bits per heavy atom. The highest BCUT2D eigenvalue weighted by Gasteiger charge is 2.18. The van der Waals surface area contributed by atoms with Gasteiger partial charge in [0.05, 0.1) is 0 Å². The molecule has 0 saturated heterocycles. The summed E-state index contributed by atoms with van der Waals surface area (Å²) in [7, 11) is 0. The van der Waals surface area contributed by atoms with Crippen LogP contribution in [-0.2, 0) is 4.79 Å². The van der Waals surface area contributed by atoms with Crippen molar-refractivity contribution in [3.05, 3.63) is 54.1 Å². The maximum atomic E-state index is 12.2. The zero-order chi connectivity index (χ0) is 16.1. The molecule has 1 fully saturated rings. The monoisotopic (exact) mass is 308 g/mol. The molecular weight excluding hydrogens is 284 g/mol. The van der Waals surface area contributed by atoms with Crippen LogP contribution in [0.5, 0.6) is 5.75 Å². The molecular formula is C21H24O2. The number of carbonyl (C=O) groups is 1. The predicted octanol–water partition coefficient (Wildman–Crippen LogP) is 5.54. The molecule has 120 valence electrons. The van der Waals surface area contributed by atoms with Crippen molar-refractivity contribution >= 4 is 5.97 Å². The number of esters is 1. The van der Waals surface area contributed by atoms with Crippen LogP contribution in [0.25, 0.3) is 11.1 Å². The Morgan fingerprint density at radius 3 is 2.48 bits per heavy atom. The minimum atomic E-state index is -0.0991. The Hall–Kier alpha value is -2.09. The van der Waals surface area contributed by atoms with Crippen molar-refractivity contribution in [1.29, 1.82) is 0 Å². The van der Waals surface area contributed by atoms with Crippen LogP contribution in [0.3, 0.4) is 0 Å². The summed E-state index contributed by atoms with van der Waals surface area (Å²) in [5.74, 6) is 1.05. The zero-order valence-corrected chi connectivity index (χ0v) is 13.8. The van der Waals surface area contributed by atoms with Gasteiger partial charge in [-0.3, -0.25) is 4.79 Å². The van der Waals surface area contributed by atoms with Gasteiger partial charge in [-0.1, -0.05) is 61.2 Å². The van der Waals surface area contributed by atoms with Crippen LogP contribution in [0.1, 0.15) is 44.1 Å². The van der Waals surface area contributed by atoms with Crippen molar-refractivity contribution in [2.24, 2.45) is 5.92 Å². The molecule has 2 aromatic carbocycles. The van der Waals surface area contributed by atoms with Gasteiger partial charge >= 0.3 is 5.97 Å². The Kier molecular flexibility index (Phi) is 5.12. The molecule has 1 saturated carbocycles. The Morgan fingerprint density at radius 2 is 1.74 bits per heavy atom. The second kappa shape index (κ2) is 7.45. The summed E-state index contributed by atoms with van der Waals surface area (Å²) < 4.78 is 5.56. The summed E-state index contributed by atoms with van der Waals surface area (Å²) in [6.45, 7) is 2.08. The second-order valence-corrected chi connectivity index (χ2v) is 6.58. The van der Waals surface area contributed by atoms with Crippen LogP contribution in [0, 0.1) is 12.8 Å². The normalized spacial score (nSPS) is 15.3. The lowest BCUT2D eigenvalue weighted by Gasteiger charge is -2.20. The molecule has 1 aliphatic rings. The van der Waals surface area contributed by atoms with E-state index in [2.05, 4.69) is 31.2 Å². The summed E-state index contributed by atoms with van der Waals surface area (Å²) in [4.78, 5) is 12.2. The minimum Gasteiger partial charge on any atom is -0.426 e. The van der Waals surface area contributed by atoms with Gasteiger partial charge in [0, 0.05) is 6.42 Å². The average molecular weight is 308 g/mol. The van der Waals surface area contributed by atoms with E-state index in [1.165, 1.54) is 37.7 Å². The summed E-state index contributed by atoms with van der Waals surface area (Å²) in [6.07, 6.45) is 6.69. The Bertz CT molecular complexity index is 652. The molecule has 0 bridgehead atoms. The fraction of sp³-hybridized carbons (Fsp3) is 0.381. The quantitative estimate of drug-likeness (QED) is 0.547. The van der Waals surface area contributed by atoms with Crippen LogP contribution in [0.15, 0.2) is 48.5 Å². The maximum absolute atomic E-state index is 12.2. The molecule has 2 aromatic rings. The Labute approximate surface area is 138 Å². The highest BCUT2D eigenvalue weighted by Crippen LogP contribution is 2.28. The summed E-state index contributed by atoms with van der Waals surface area (Å²) in [6, 6.07) is 16.2. The van der Waals surface area contributed by atoms with E-state index in [0.29, 0.717) is 18.1 Å². The maximum Gasteiger partial charge on any atom is 0.311 e. The first kappa shape index (κ1) is 15.8. The van der Waals surface area contributed by atoms with Gasteiger partial charge in [-0.2, -0.15) is 0 Å². The number of hydrogen-bond donors (Lipinski definition) is 0. The number of ether oxygens (including phenoxy) is 1. The molecule has 0 radical (unpaired) electrons. The number of hydrogen-bond acceptors (Lipinski definition) is 2. The second-order valence-electron chi connectivity index (χ2n) is 6.58. The fourth-order valence-corrected chi connectivity index (χ4v) is 3.29. The molecule has 3 rings (SSSR count). The van der Waals surface area contributed by atoms with Gasteiger partial charge in [0.25, 0.3) is 0 Å². The van der Waals surface area contributed by atoms with Crippen LogP contribution in [-0.4, -0.2) is 5.97 Å². The van der Waals surface area contributed by atoms with Crippen molar-refractivity contribution in [1.82, 2.24) is 0 Å².